The minimum Gasteiger partial charge on any atom is -0.480 e. The molecule has 7 nitrogen and oxygen atoms in total. The third-order valence-electron chi connectivity index (χ3n) is 2.79. The lowest BCUT2D eigenvalue weighted by Gasteiger charge is -2.31. The van der Waals surface area contributed by atoms with Gasteiger partial charge in [0.05, 0.1) is 6.54 Å². The SMILES string of the molecule is CC(C)CNC(=O)NC(=O)CN1CCSCC1C(=O)O. The number of nitrogens with zero attached hydrogens (tertiary/aromatic N) is 1. The zero-order chi connectivity index (χ0) is 15.1. The first-order chi connectivity index (χ1) is 9.40. The first-order valence-electron chi connectivity index (χ1n) is 6.52. The molecule has 0 aromatic rings. The van der Waals surface area contributed by atoms with Crippen LogP contribution in [0.1, 0.15) is 13.8 Å². The fourth-order valence-corrected chi connectivity index (χ4v) is 2.85. The zero-order valence-electron chi connectivity index (χ0n) is 11.7. The minimum absolute atomic E-state index is 0.0768. The van der Waals surface area contributed by atoms with Gasteiger partial charge >= 0.3 is 12.0 Å². The number of thioether (sulfide) groups is 1. The lowest BCUT2D eigenvalue weighted by Crippen LogP contribution is -2.52. The largest absolute Gasteiger partial charge is 0.480 e. The van der Waals surface area contributed by atoms with Crippen molar-refractivity contribution in [1.29, 1.82) is 0 Å². The van der Waals surface area contributed by atoms with Crippen LogP contribution in [0.5, 0.6) is 0 Å². The van der Waals surface area contributed by atoms with Crippen molar-refractivity contribution in [2.75, 3.05) is 31.1 Å². The molecule has 8 heteroatoms. The van der Waals surface area contributed by atoms with Crippen LogP contribution in [0.4, 0.5) is 4.79 Å². The molecule has 3 amide bonds. The summed E-state index contributed by atoms with van der Waals surface area (Å²) in [5, 5.41) is 13.9. The van der Waals surface area contributed by atoms with E-state index in [0.29, 0.717) is 24.8 Å². The van der Waals surface area contributed by atoms with Crippen molar-refractivity contribution in [2.24, 2.45) is 5.92 Å². The van der Waals surface area contributed by atoms with Crippen LogP contribution in [0.3, 0.4) is 0 Å². The number of hydrogen-bond acceptors (Lipinski definition) is 5. The number of aliphatic carboxylic acids is 1. The Morgan fingerprint density at radius 3 is 2.70 bits per heavy atom. The molecule has 0 saturated carbocycles. The summed E-state index contributed by atoms with van der Waals surface area (Å²) in [5.74, 6) is 0.128. The second-order valence-corrected chi connectivity index (χ2v) is 6.20. The van der Waals surface area contributed by atoms with E-state index in [2.05, 4.69) is 10.6 Å². The number of hydrogen-bond donors (Lipinski definition) is 3. The monoisotopic (exact) mass is 303 g/mol. The summed E-state index contributed by atoms with van der Waals surface area (Å²) in [6, 6.07) is -1.21. The zero-order valence-corrected chi connectivity index (χ0v) is 12.5. The fraction of sp³-hybridized carbons (Fsp3) is 0.750. The van der Waals surface area contributed by atoms with Gasteiger partial charge in [-0.05, 0) is 5.92 Å². The number of imide groups is 1. The Hall–Kier alpha value is -1.28. The molecule has 3 N–H and O–H groups in total. The van der Waals surface area contributed by atoms with E-state index in [-0.39, 0.29) is 6.54 Å². The molecule has 114 valence electrons. The van der Waals surface area contributed by atoms with Crippen LogP contribution in [-0.4, -0.2) is 65.1 Å². The molecule has 1 unspecified atom stereocenters. The summed E-state index contributed by atoms with van der Waals surface area (Å²) in [4.78, 5) is 35.8. The lowest BCUT2D eigenvalue weighted by atomic mass is 10.2. The predicted octanol–water partition coefficient (Wildman–Crippen LogP) is -0.0298. The van der Waals surface area contributed by atoms with Gasteiger partial charge in [0, 0.05) is 24.6 Å². The van der Waals surface area contributed by atoms with E-state index in [0.717, 1.165) is 5.75 Å². The number of carboxylic acid groups (broad SMARTS) is 1. The molecule has 1 fully saturated rings. The van der Waals surface area contributed by atoms with Crippen molar-refractivity contribution in [3.8, 4) is 0 Å². The molecule has 0 aliphatic carbocycles. The maximum atomic E-state index is 11.7. The Labute approximate surface area is 122 Å². The standard InChI is InChI=1S/C12H21N3O4S/c1-8(2)5-13-12(19)14-10(16)6-15-3-4-20-7-9(15)11(17)18/h8-9H,3-7H2,1-2H3,(H,17,18)(H2,13,14,16,19). The van der Waals surface area contributed by atoms with Crippen LogP contribution in [0.15, 0.2) is 0 Å². The molecule has 1 rings (SSSR count). The summed E-state index contributed by atoms with van der Waals surface area (Å²) >= 11 is 1.55. The van der Waals surface area contributed by atoms with E-state index < -0.39 is 23.9 Å². The van der Waals surface area contributed by atoms with Crippen LogP contribution in [0.2, 0.25) is 0 Å². The molecule has 0 bridgehead atoms. The molecule has 1 heterocycles. The minimum atomic E-state index is -0.936. The third-order valence-corrected chi connectivity index (χ3v) is 3.82. The molecule has 0 aromatic heterocycles. The van der Waals surface area contributed by atoms with Crippen LogP contribution in [0.25, 0.3) is 0 Å². The van der Waals surface area contributed by atoms with Gasteiger partial charge in [-0.2, -0.15) is 11.8 Å². The number of nitrogens with one attached hydrogen (secondary N) is 2. The van der Waals surface area contributed by atoms with E-state index in [9.17, 15) is 14.4 Å². The quantitative estimate of drug-likeness (QED) is 0.660. The van der Waals surface area contributed by atoms with Gasteiger partial charge in [-0.1, -0.05) is 13.8 Å². The van der Waals surface area contributed by atoms with E-state index >= 15 is 0 Å². The Morgan fingerprint density at radius 1 is 1.40 bits per heavy atom. The molecular weight excluding hydrogens is 282 g/mol. The van der Waals surface area contributed by atoms with Gasteiger partial charge in [0.1, 0.15) is 6.04 Å². The van der Waals surface area contributed by atoms with Crippen LogP contribution in [-0.2, 0) is 9.59 Å². The molecule has 1 saturated heterocycles. The van der Waals surface area contributed by atoms with E-state index in [1.165, 1.54) is 0 Å². The third kappa shape index (κ3) is 5.79. The number of amides is 3. The summed E-state index contributed by atoms with van der Waals surface area (Å²) < 4.78 is 0. The Kier molecular flexibility index (Phi) is 6.80. The highest BCUT2D eigenvalue weighted by molar-refractivity contribution is 7.99. The highest BCUT2D eigenvalue weighted by Gasteiger charge is 2.30. The van der Waals surface area contributed by atoms with Crippen molar-refractivity contribution in [3.63, 3.8) is 0 Å². The number of rotatable bonds is 5. The highest BCUT2D eigenvalue weighted by atomic mass is 32.2. The lowest BCUT2D eigenvalue weighted by molar-refractivity contribution is -0.142. The molecule has 1 aliphatic rings. The average Bonchev–Trinajstić information content (AvgIpc) is 2.36. The average molecular weight is 303 g/mol. The molecule has 0 aromatic carbocycles. The van der Waals surface area contributed by atoms with Crippen molar-refractivity contribution >= 4 is 29.7 Å². The van der Waals surface area contributed by atoms with Crippen LogP contribution >= 0.6 is 11.8 Å². The Morgan fingerprint density at radius 2 is 2.10 bits per heavy atom. The number of carbonyl (C=O) groups excluding carboxylic acids is 2. The smallest absolute Gasteiger partial charge is 0.321 e. The molecular formula is C12H21N3O4S. The van der Waals surface area contributed by atoms with E-state index in [4.69, 9.17) is 5.11 Å². The first-order valence-corrected chi connectivity index (χ1v) is 7.68. The van der Waals surface area contributed by atoms with E-state index in [1.54, 1.807) is 16.7 Å². The summed E-state index contributed by atoms with van der Waals surface area (Å²) in [5.41, 5.74) is 0. The van der Waals surface area contributed by atoms with Crippen molar-refractivity contribution < 1.29 is 19.5 Å². The van der Waals surface area contributed by atoms with Crippen LogP contribution < -0.4 is 10.6 Å². The Bertz CT molecular complexity index is 376. The summed E-state index contributed by atoms with van der Waals surface area (Å²) in [7, 11) is 0. The maximum Gasteiger partial charge on any atom is 0.321 e. The number of urea groups is 1. The number of carbonyl (C=O) groups is 3. The summed E-state index contributed by atoms with van der Waals surface area (Å²) in [6.45, 7) is 4.84. The van der Waals surface area contributed by atoms with Gasteiger partial charge in [-0.15, -0.1) is 0 Å². The second kappa shape index (κ2) is 8.11. The number of carboxylic acids is 1. The molecule has 1 aliphatic heterocycles. The highest BCUT2D eigenvalue weighted by Crippen LogP contribution is 2.16. The Balaban J connectivity index is 2.40. The van der Waals surface area contributed by atoms with Gasteiger partial charge in [0.25, 0.3) is 0 Å². The van der Waals surface area contributed by atoms with Crippen molar-refractivity contribution in [2.45, 2.75) is 19.9 Å². The molecule has 20 heavy (non-hydrogen) atoms. The normalized spacial score (nSPS) is 19.6. The second-order valence-electron chi connectivity index (χ2n) is 5.05. The van der Waals surface area contributed by atoms with Gasteiger partial charge in [0.2, 0.25) is 5.91 Å². The first kappa shape index (κ1) is 16.8. The van der Waals surface area contributed by atoms with Gasteiger partial charge in [-0.25, -0.2) is 4.79 Å². The topological polar surface area (TPSA) is 98.7 Å². The van der Waals surface area contributed by atoms with Gasteiger partial charge in [-0.3, -0.25) is 19.8 Å². The maximum absolute atomic E-state index is 11.7. The fourth-order valence-electron chi connectivity index (χ4n) is 1.75. The van der Waals surface area contributed by atoms with Crippen molar-refractivity contribution in [1.82, 2.24) is 15.5 Å². The van der Waals surface area contributed by atoms with Gasteiger partial charge < -0.3 is 10.4 Å². The molecule has 0 spiro atoms. The molecule has 0 radical (unpaired) electrons. The molecule has 1 atom stereocenters. The van der Waals surface area contributed by atoms with E-state index in [1.807, 2.05) is 13.8 Å². The van der Waals surface area contributed by atoms with Gasteiger partial charge in [0.15, 0.2) is 0 Å². The summed E-state index contributed by atoms with van der Waals surface area (Å²) in [6.07, 6.45) is 0. The van der Waals surface area contributed by atoms with Crippen LogP contribution in [0, 0.1) is 5.92 Å². The predicted molar refractivity (Wildman–Crippen MR) is 76.7 cm³/mol. The van der Waals surface area contributed by atoms with Crippen molar-refractivity contribution in [3.05, 3.63) is 0 Å².